The molecule has 0 unspecified atom stereocenters. The van der Waals surface area contributed by atoms with Crippen LogP contribution in [-0.4, -0.2) is 47.9 Å². The Kier molecular flexibility index (Phi) is 7.44. The molecular weight excluding hydrogens is 236 g/mol. The van der Waals surface area contributed by atoms with Crippen molar-refractivity contribution in [2.45, 2.75) is 65.8 Å². The molecule has 1 rings (SSSR count). The molecule has 1 aliphatic rings. The van der Waals surface area contributed by atoms with Gasteiger partial charge in [0.25, 0.3) is 0 Å². The maximum Gasteiger partial charge on any atom is 0.236 e. The number of hydrogen-bond acceptors (Lipinski definition) is 2. The van der Waals surface area contributed by atoms with E-state index in [1.54, 1.807) is 0 Å². The summed E-state index contributed by atoms with van der Waals surface area (Å²) in [6.45, 7) is 12.6. The molecule has 0 saturated carbocycles. The van der Waals surface area contributed by atoms with Crippen LogP contribution in [0.1, 0.15) is 59.8 Å². The second-order valence-corrected chi connectivity index (χ2v) is 6.40. The largest absolute Gasteiger partial charge is 0.339 e. The van der Waals surface area contributed by atoms with Gasteiger partial charge in [0, 0.05) is 12.6 Å². The average Bonchev–Trinajstić information content (AvgIpc) is 2.36. The Hall–Kier alpha value is -0.570. The van der Waals surface area contributed by atoms with Crippen LogP contribution in [0.4, 0.5) is 0 Å². The molecule has 3 heteroatoms. The highest BCUT2D eigenvalue weighted by atomic mass is 16.2. The zero-order chi connectivity index (χ0) is 14.3. The van der Waals surface area contributed by atoms with Crippen molar-refractivity contribution in [3.05, 3.63) is 0 Å². The Morgan fingerprint density at radius 2 is 1.79 bits per heavy atom. The molecule has 0 aromatic rings. The fraction of sp³-hybridized carbons (Fsp3) is 0.938. The zero-order valence-corrected chi connectivity index (χ0v) is 13.3. The van der Waals surface area contributed by atoms with Gasteiger partial charge in [-0.2, -0.15) is 0 Å². The fourth-order valence-corrected chi connectivity index (χ4v) is 3.04. The first-order valence-electron chi connectivity index (χ1n) is 8.06. The summed E-state index contributed by atoms with van der Waals surface area (Å²) in [4.78, 5) is 16.9. The Labute approximate surface area is 119 Å². The van der Waals surface area contributed by atoms with Gasteiger partial charge in [0.1, 0.15) is 0 Å². The van der Waals surface area contributed by atoms with Gasteiger partial charge in [0.15, 0.2) is 0 Å². The van der Waals surface area contributed by atoms with E-state index in [0.717, 1.165) is 32.5 Å². The number of nitrogens with zero attached hydrogens (tertiary/aromatic N) is 2. The lowest BCUT2D eigenvalue weighted by atomic mass is 10.0. The van der Waals surface area contributed by atoms with Gasteiger partial charge in [0.2, 0.25) is 5.91 Å². The van der Waals surface area contributed by atoms with E-state index < -0.39 is 0 Å². The highest BCUT2D eigenvalue weighted by molar-refractivity contribution is 5.78. The molecule has 1 fully saturated rings. The molecule has 0 N–H and O–H groups in total. The van der Waals surface area contributed by atoms with E-state index in [0.29, 0.717) is 24.4 Å². The topological polar surface area (TPSA) is 23.6 Å². The average molecular weight is 268 g/mol. The van der Waals surface area contributed by atoms with Gasteiger partial charge in [-0.3, -0.25) is 9.69 Å². The molecule has 1 heterocycles. The van der Waals surface area contributed by atoms with E-state index in [-0.39, 0.29) is 0 Å². The number of carbonyl (C=O) groups excluding carboxylic acids is 1. The Bertz CT molecular complexity index is 259. The highest BCUT2D eigenvalue weighted by Gasteiger charge is 2.22. The predicted molar refractivity (Wildman–Crippen MR) is 81.2 cm³/mol. The fourth-order valence-electron chi connectivity index (χ4n) is 3.04. The maximum absolute atomic E-state index is 12.5. The summed E-state index contributed by atoms with van der Waals surface area (Å²) in [5.74, 6) is 0.981. The summed E-state index contributed by atoms with van der Waals surface area (Å²) in [7, 11) is 0. The van der Waals surface area contributed by atoms with Crippen molar-refractivity contribution in [1.82, 2.24) is 9.80 Å². The second-order valence-electron chi connectivity index (χ2n) is 6.40. The van der Waals surface area contributed by atoms with E-state index >= 15 is 0 Å². The first-order valence-corrected chi connectivity index (χ1v) is 8.06. The van der Waals surface area contributed by atoms with E-state index in [1.807, 2.05) is 0 Å². The summed E-state index contributed by atoms with van der Waals surface area (Å²) in [6.07, 6.45) is 5.98. The number of amides is 1. The van der Waals surface area contributed by atoms with Gasteiger partial charge >= 0.3 is 0 Å². The van der Waals surface area contributed by atoms with Crippen LogP contribution in [0.25, 0.3) is 0 Å². The van der Waals surface area contributed by atoms with E-state index in [1.165, 1.54) is 19.3 Å². The SMILES string of the molecule is CCCN(C(=O)CN1CCCCC1)[C@@H](C)CC(C)C. The van der Waals surface area contributed by atoms with Gasteiger partial charge in [-0.25, -0.2) is 0 Å². The maximum atomic E-state index is 12.5. The molecule has 1 aliphatic heterocycles. The van der Waals surface area contributed by atoms with Crippen LogP contribution in [0.15, 0.2) is 0 Å². The third kappa shape index (κ3) is 5.94. The molecule has 3 nitrogen and oxygen atoms in total. The first kappa shape index (κ1) is 16.5. The van der Waals surface area contributed by atoms with Crippen LogP contribution >= 0.6 is 0 Å². The van der Waals surface area contributed by atoms with E-state index in [9.17, 15) is 4.79 Å². The van der Waals surface area contributed by atoms with E-state index in [4.69, 9.17) is 0 Å². The van der Waals surface area contributed by atoms with Gasteiger partial charge in [-0.1, -0.05) is 27.2 Å². The minimum absolute atomic E-state index is 0.330. The molecule has 0 aliphatic carbocycles. The minimum Gasteiger partial charge on any atom is -0.339 e. The molecule has 0 bridgehead atoms. The van der Waals surface area contributed by atoms with Crippen molar-refractivity contribution < 1.29 is 4.79 Å². The van der Waals surface area contributed by atoms with Crippen molar-refractivity contribution in [2.24, 2.45) is 5.92 Å². The van der Waals surface area contributed by atoms with Gasteiger partial charge in [-0.05, 0) is 51.6 Å². The van der Waals surface area contributed by atoms with Crippen molar-refractivity contribution in [1.29, 1.82) is 0 Å². The lowest BCUT2D eigenvalue weighted by Crippen LogP contribution is -2.46. The summed E-state index contributed by atoms with van der Waals surface area (Å²) >= 11 is 0. The third-order valence-electron chi connectivity index (χ3n) is 3.94. The molecular formula is C16H32N2O. The predicted octanol–water partition coefficient (Wildman–Crippen LogP) is 3.15. The summed E-state index contributed by atoms with van der Waals surface area (Å²) in [5, 5.41) is 0. The zero-order valence-electron chi connectivity index (χ0n) is 13.3. The van der Waals surface area contributed by atoms with Crippen LogP contribution in [0.2, 0.25) is 0 Å². The first-order chi connectivity index (χ1) is 9.04. The molecule has 1 atom stereocenters. The Morgan fingerprint density at radius 1 is 1.16 bits per heavy atom. The summed E-state index contributed by atoms with van der Waals surface area (Å²) in [5.41, 5.74) is 0. The van der Waals surface area contributed by atoms with Crippen LogP contribution in [0.3, 0.4) is 0 Å². The monoisotopic (exact) mass is 268 g/mol. The third-order valence-corrected chi connectivity index (χ3v) is 3.94. The molecule has 112 valence electrons. The number of piperidine rings is 1. The lowest BCUT2D eigenvalue weighted by Gasteiger charge is -2.33. The lowest BCUT2D eigenvalue weighted by molar-refractivity contribution is -0.135. The smallest absolute Gasteiger partial charge is 0.236 e. The van der Waals surface area contributed by atoms with Crippen molar-refractivity contribution in [3.63, 3.8) is 0 Å². The number of likely N-dealkylation sites (tertiary alicyclic amines) is 1. The quantitative estimate of drug-likeness (QED) is 0.708. The molecule has 0 spiro atoms. The van der Waals surface area contributed by atoms with Crippen LogP contribution in [0.5, 0.6) is 0 Å². The normalized spacial score (nSPS) is 18.6. The molecule has 0 aromatic heterocycles. The highest BCUT2D eigenvalue weighted by Crippen LogP contribution is 2.14. The molecule has 0 radical (unpaired) electrons. The second kappa shape index (κ2) is 8.57. The molecule has 1 amide bonds. The van der Waals surface area contributed by atoms with Crippen LogP contribution < -0.4 is 0 Å². The standard InChI is InChI=1S/C16H32N2O/c1-5-9-18(15(4)12-14(2)3)16(19)13-17-10-7-6-8-11-17/h14-15H,5-13H2,1-4H3/t15-/m0/s1. The number of hydrogen-bond donors (Lipinski definition) is 0. The van der Waals surface area contributed by atoms with Crippen molar-refractivity contribution in [2.75, 3.05) is 26.2 Å². The van der Waals surface area contributed by atoms with Crippen molar-refractivity contribution in [3.8, 4) is 0 Å². The summed E-state index contributed by atoms with van der Waals surface area (Å²) < 4.78 is 0. The molecule has 0 aromatic carbocycles. The number of rotatable bonds is 7. The number of carbonyl (C=O) groups is 1. The van der Waals surface area contributed by atoms with Crippen LogP contribution in [-0.2, 0) is 4.79 Å². The Balaban J connectivity index is 2.50. The molecule has 1 saturated heterocycles. The van der Waals surface area contributed by atoms with Gasteiger partial charge in [-0.15, -0.1) is 0 Å². The van der Waals surface area contributed by atoms with Gasteiger partial charge < -0.3 is 4.90 Å². The summed E-state index contributed by atoms with van der Waals surface area (Å²) in [6, 6.07) is 0.372. The minimum atomic E-state index is 0.330. The van der Waals surface area contributed by atoms with Crippen LogP contribution in [0, 0.1) is 5.92 Å². The Morgan fingerprint density at radius 3 is 2.32 bits per heavy atom. The van der Waals surface area contributed by atoms with Crippen molar-refractivity contribution >= 4 is 5.91 Å². The van der Waals surface area contributed by atoms with E-state index in [2.05, 4.69) is 37.5 Å². The van der Waals surface area contributed by atoms with Gasteiger partial charge in [0.05, 0.1) is 6.54 Å². The molecule has 19 heavy (non-hydrogen) atoms.